The summed E-state index contributed by atoms with van der Waals surface area (Å²) in [6.45, 7) is 7.54. The molecule has 45 heavy (non-hydrogen) atoms. The summed E-state index contributed by atoms with van der Waals surface area (Å²) in [5.74, 6) is 1.33. The van der Waals surface area contributed by atoms with E-state index < -0.39 is 11.7 Å². The first-order chi connectivity index (χ1) is 21.7. The molecule has 0 unspecified atom stereocenters. The minimum atomic E-state index is -0.523. The molecular weight excluding hydrogens is 568 g/mol. The first-order valence-electron chi connectivity index (χ1n) is 15.6. The number of alkyl carbamates (subject to hydrolysis) is 1. The van der Waals surface area contributed by atoms with Crippen molar-refractivity contribution in [1.82, 2.24) is 25.2 Å². The largest absolute Gasteiger partial charge is 0.494 e. The highest BCUT2D eigenvalue weighted by Crippen LogP contribution is 2.44. The van der Waals surface area contributed by atoms with Crippen molar-refractivity contribution in [3.05, 3.63) is 78.4 Å². The maximum atomic E-state index is 13.2. The Morgan fingerprint density at radius 2 is 1.87 bits per heavy atom. The molecule has 2 aliphatic rings. The number of carbonyl (C=O) groups is 2. The topological polar surface area (TPSA) is 121 Å². The lowest BCUT2D eigenvalue weighted by molar-refractivity contribution is 0.0525. The van der Waals surface area contributed by atoms with Gasteiger partial charge in [-0.2, -0.15) is 0 Å². The van der Waals surface area contributed by atoms with Crippen LogP contribution < -0.4 is 15.4 Å². The lowest BCUT2D eigenvalue weighted by Gasteiger charge is -2.27. The van der Waals surface area contributed by atoms with Crippen LogP contribution in [0.2, 0.25) is 0 Å². The van der Waals surface area contributed by atoms with E-state index in [2.05, 4.69) is 37.9 Å². The molecule has 10 heteroatoms. The van der Waals surface area contributed by atoms with Crippen molar-refractivity contribution < 1.29 is 19.1 Å². The average Bonchev–Trinajstić information content (AvgIpc) is 3.78. The molecule has 0 saturated heterocycles. The molecule has 0 atom stereocenters. The number of hydrogen-bond donors (Lipinski definition) is 3. The molecule has 3 amide bonds. The fourth-order valence-corrected chi connectivity index (χ4v) is 5.53. The molecule has 1 fully saturated rings. The Kier molecular flexibility index (Phi) is 8.73. The van der Waals surface area contributed by atoms with Crippen LogP contribution >= 0.6 is 0 Å². The summed E-state index contributed by atoms with van der Waals surface area (Å²) in [5, 5.41) is 6.94. The van der Waals surface area contributed by atoms with Crippen molar-refractivity contribution >= 4 is 34.4 Å². The number of nitrogens with zero attached hydrogens (tertiary/aromatic N) is 3. The van der Waals surface area contributed by atoms with E-state index in [9.17, 15) is 9.59 Å². The molecule has 6 rings (SSSR count). The minimum absolute atomic E-state index is 0.132. The lowest BCUT2D eigenvalue weighted by Crippen LogP contribution is -2.38. The van der Waals surface area contributed by atoms with Gasteiger partial charge in [0.15, 0.2) is 0 Å². The Hall–Kier alpha value is -4.86. The van der Waals surface area contributed by atoms with Crippen LogP contribution in [-0.4, -0.2) is 63.8 Å². The number of benzene rings is 2. The minimum Gasteiger partial charge on any atom is -0.494 e. The number of carbonyl (C=O) groups excluding carboxylic acids is 2. The van der Waals surface area contributed by atoms with Gasteiger partial charge in [0.2, 0.25) is 0 Å². The molecule has 1 aliphatic heterocycles. The number of ether oxygens (including phenoxy) is 2. The van der Waals surface area contributed by atoms with Gasteiger partial charge in [0.1, 0.15) is 23.3 Å². The third-order valence-corrected chi connectivity index (χ3v) is 7.86. The summed E-state index contributed by atoms with van der Waals surface area (Å²) < 4.78 is 11.2. The molecule has 2 aromatic heterocycles. The van der Waals surface area contributed by atoms with E-state index in [1.807, 2.05) is 74.2 Å². The Morgan fingerprint density at radius 1 is 1.07 bits per heavy atom. The van der Waals surface area contributed by atoms with Crippen LogP contribution in [0.25, 0.3) is 27.7 Å². The molecule has 3 heterocycles. The van der Waals surface area contributed by atoms with E-state index in [-0.39, 0.29) is 6.03 Å². The van der Waals surface area contributed by atoms with E-state index >= 15 is 0 Å². The van der Waals surface area contributed by atoms with Crippen molar-refractivity contribution in [2.45, 2.75) is 58.0 Å². The quantitative estimate of drug-likeness (QED) is 0.174. The number of rotatable bonds is 9. The van der Waals surface area contributed by atoms with E-state index in [1.165, 1.54) is 18.4 Å². The molecule has 234 valence electrons. The SMILES string of the molecule is CC(C)(C)OC(=O)NCCCOc1cccc(-c2cccc(NC(=O)N3CC=C(c4ncnc5[nH]cc(C6CC6)c45)CC3)c2)c1. The number of amides is 3. The number of anilines is 1. The summed E-state index contributed by atoms with van der Waals surface area (Å²) in [6, 6.07) is 15.5. The monoisotopic (exact) mass is 608 g/mol. The number of aromatic nitrogens is 3. The molecule has 0 bridgehead atoms. The number of nitrogens with one attached hydrogen (secondary N) is 3. The number of H-pyrrole nitrogens is 1. The van der Waals surface area contributed by atoms with Gasteiger partial charge in [-0.3, -0.25) is 0 Å². The van der Waals surface area contributed by atoms with Gasteiger partial charge >= 0.3 is 12.1 Å². The second kappa shape index (κ2) is 13.0. The third-order valence-electron chi connectivity index (χ3n) is 7.86. The fraction of sp³-hybridized carbons (Fsp3) is 0.371. The Labute approximate surface area is 263 Å². The van der Waals surface area contributed by atoms with Gasteiger partial charge in [0, 0.05) is 36.9 Å². The summed E-state index contributed by atoms with van der Waals surface area (Å²) >= 11 is 0. The van der Waals surface area contributed by atoms with Gasteiger partial charge in [0.25, 0.3) is 0 Å². The molecule has 10 nitrogen and oxygen atoms in total. The van der Waals surface area contributed by atoms with Crippen molar-refractivity contribution in [3.8, 4) is 16.9 Å². The van der Waals surface area contributed by atoms with E-state index in [1.54, 1.807) is 6.33 Å². The van der Waals surface area contributed by atoms with Crippen molar-refractivity contribution in [1.29, 1.82) is 0 Å². The highest BCUT2D eigenvalue weighted by atomic mass is 16.6. The number of hydrogen-bond acceptors (Lipinski definition) is 6. The maximum absolute atomic E-state index is 13.2. The Bertz CT molecular complexity index is 1720. The highest BCUT2D eigenvalue weighted by molar-refractivity contribution is 5.93. The molecule has 0 spiro atoms. The lowest BCUT2D eigenvalue weighted by atomic mass is 9.99. The highest BCUT2D eigenvalue weighted by Gasteiger charge is 2.29. The zero-order valence-corrected chi connectivity index (χ0v) is 26.1. The van der Waals surface area contributed by atoms with Gasteiger partial charge in [-0.25, -0.2) is 19.6 Å². The van der Waals surface area contributed by atoms with Crippen LogP contribution in [-0.2, 0) is 4.74 Å². The van der Waals surface area contributed by atoms with Crippen molar-refractivity contribution in [2.24, 2.45) is 0 Å². The first-order valence-corrected chi connectivity index (χ1v) is 15.6. The number of fused-ring (bicyclic) bond motifs is 1. The van der Waals surface area contributed by atoms with Crippen molar-refractivity contribution in [2.75, 3.05) is 31.6 Å². The van der Waals surface area contributed by atoms with Crippen LogP contribution in [0.3, 0.4) is 0 Å². The van der Waals surface area contributed by atoms with Gasteiger partial charge < -0.3 is 30.0 Å². The molecule has 4 aromatic rings. The predicted molar refractivity (Wildman–Crippen MR) is 175 cm³/mol. The standard InChI is InChI=1S/C35H40N6O4/c1-35(2,3)45-34(43)36-15-6-18-44-28-10-5-8-26(20-28)25-7-4-9-27(19-25)40-33(42)41-16-13-24(14-17-41)31-30-29(23-11-12-23)21-37-32(30)39-22-38-31/h4-5,7-10,13,19-23H,6,11-12,14-18H2,1-3H3,(H,36,43)(H,40,42)(H,37,38,39). The van der Waals surface area contributed by atoms with Crippen LogP contribution in [0.15, 0.2) is 67.1 Å². The van der Waals surface area contributed by atoms with Crippen molar-refractivity contribution in [3.63, 3.8) is 0 Å². The zero-order chi connectivity index (χ0) is 31.4. The maximum Gasteiger partial charge on any atom is 0.407 e. The molecule has 0 radical (unpaired) electrons. The second-order valence-electron chi connectivity index (χ2n) is 12.6. The second-order valence-corrected chi connectivity index (χ2v) is 12.6. The third kappa shape index (κ3) is 7.63. The van der Waals surface area contributed by atoms with Crippen LogP contribution in [0, 0.1) is 0 Å². The van der Waals surface area contributed by atoms with Crippen LogP contribution in [0.1, 0.15) is 63.6 Å². The molecular formula is C35H40N6O4. The van der Waals surface area contributed by atoms with E-state index in [4.69, 9.17) is 9.47 Å². The van der Waals surface area contributed by atoms with Crippen LogP contribution in [0.5, 0.6) is 5.75 Å². The zero-order valence-electron chi connectivity index (χ0n) is 26.1. The van der Waals surface area contributed by atoms with Gasteiger partial charge in [0.05, 0.1) is 12.3 Å². The summed E-state index contributed by atoms with van der Waals surface area (Å²) in [6.07, 6.45) is 9.19. The molecule has 3 N–H and O–H groups in total. The first kappa shape index (κ1) is 30.2. The summed E-state index contributed by atoms with van der Waals surface area (Å²) in [7, 11) is 0. The van der Waals surface area contributed by atoms with Gasteiger partial charge in [-0.05, 0) is 98.9 Å². The van der Waals surface area contributed by atoms with E-state index in [0.29, 0.717) is 38.6 Å². The molecule has 1 aliphatic carbocycles. The Balaban J connectivity index is 1.03. The average molecular weight is 609 g/mol. The number of aromatic amines is 1. The fourth-order valence-electron chi connectivity index (χ4n) is 5.53. The molecule has 2 aromatic carbocycles. The number of urea groups is 1. The van der Waals surface area contributed by atoms with Gasteiger partial charge in [-0.15, -0.1) is 0 Å². The van der Waals surface area contributed by atoms with Gasteiger partial charge in [-0.1, -0.05) is 30.3 Å². The normalized spacial score (nSPS) is 15.0. The Morgan fingerprint density at radius 3 is 2.62 bits per heavy atom. The van der Waals surface area contributed by atoms with Crippen LogP contribution in [0.4, 0.5) is 15.3 Å². The summed E-state index contributed by atoms with van der Waals surface area (Å²) in [5.41, 5.74) is 6.50. The molecule has 1 saturated carbocycles. The smallest absolute Gasteiger partial charge is 0.407 e. The summed E-state index contributed by atoms with van der Waals surface area (Å²) in [4.78, 5) is 39.2. The van der Waals surface area contributed by atoms with E-state index in [0.717, 1.165) is 51.3 Å². The predicted octanol–water partition coefficient (Wildman–Crippen LogP) is 7.12.